The number of aryl methyl sites for hydroxylation is 1. The monoisotopic (exact) mass is 445 g/mol. The number of aromatic nitrogens is 2. The maximum Gasteiger partial charge on any atom is 0.227 e. The number of hydrogen-bond acceptors (Lipinski definition) is 6. The molecule has 1 heterocycles. The molecule has 6 nitrogen and oxygen atoms in total. The van der Waals surface area contributed by atoms with Crippen molar-refractivity contribution < 1.29 is 14.1 Å². The molecule has 0 bridgehead atoms. The van der Waals surface area contributed by atoms with E-state index in [-0.39, 0.29) is 12.3 Å². The first-order valence-electron chi connectivity index (χ1n) is 10.2. The molecule has 0 aliphatic carbocycles. The average Bonchev–Trinajstić information content (AvgIpc) is 3.32. The summed E-state index contributed by atoms with van der Waals surface area (Å²) in [5.74, 6) is 2.42. The van der Waals surface area contributed by atoms with Crippen molar-refractivity contribution in [1.29, 1.82) is 0 Å². The molecule has 3 aromatic carbocycles. The Hall–Kier alpha value is -3.58. The summed E-state index contributed by atoms with van der Waals surface area (Å²) in [7, 11) is 1.62. The van der Waals surface area contributed by atoms with Crippen LogP contribution in [0.1, 0.15) is 17.9 Å². The second-order valence-corrected chi connectivity index (χ2v) is 8.08. The molecule has 0 radical (unpaired) electrons. The number of methoxy groups -OCH3 is 1. The molecule has 4 aromatic rings. The van der Waals surface area contributed by atoms with Crippen molar-refractivity contribution in [2.24, 2.45) is 0 Å². The highest BCUT2D eigenvalue weighted by atomic mass is 32.2. The predicted molar refractivity (Wildman–Crippen MR) is 126 cm³/mol. The topological polar surface area (TPSA) is 77.2 Å². The van der Waals surface area contributed by atoms with Gasteiger partial charge in [0.05, 0.1) is 12.8 Å². The zero-order valence-corrected chi connectivity index (χ0v) is 18.5. The van der Waals surface area contributed by atoms with Crippen molar-refractivity contribution >= 4 is 23.4 Å². The third-order valence-electron chi connectivity index (χ3n) is 4.78. The predicted octanol–water partition coefficient (Wildman–Crippen LogP) is 5.61. The summed E-state index contributed by atoms with van der Waals surface area (Å²) in [6, 6.07) is 25.5. The first-order valence-corrected chi connectivity index (χ1v) is 11.2. The van der Waals surface area contributed by atoms with E-state index < -0.39 is 0 Å². The zero-order valence-electron chi connectivity index (χ0n) is 17.7. The summed E-state index contributed by atoms with van der Waals surface area (Å²) < 4.78 is 10.5. The van der Waals surface area contributed by atoms with Gasteiger partial charge in [0.1, 0.15) is 5.75 Å². The van der Waals surface area contributed by atoms with Crippen LogP contribution in [0.25, 0.3) is 11.4 Å². The third-order valence-corrected chi connectivity index (χ3v) is 5.93. The zero-order chi connectivity index (χ0) is 22.2. The van der Waals surface area contributed by atoms with Gasteiger partial charge < -0.3 is 14.6 Å². The van der Waals surface area contributed by atoms with Gasteiger partial charge in [0.25, 0.3) is 0 Å². The van der Waals surface area contributed by atoms with Crippen molar-refractivity contribution in [1.82, 2.24) is 10.1 Å². The lowest BCUT2D eigenvalue weighted by Crippen LogP contribution is -2.13. The van der Waals surface area contributed by atoms with Crippen LogP contribution in [0.5, 0.6) is 5.75 Å². The van der Waals surface area contributed by atoms with Gasteiger partial charge in [-0.25, -0.2) is 0 Å². The molecule has 1 aromatic heterocycles. The lowest BCUT2D eigenvalue weighted by molar-refractivity contribution is -0.116. The van der Waals surface area contributed by atoms with E-state index in [1.807, 2.05) is 66.7 Å². The van der Waals surface area contributed by atoms with E-state index in [1.165, 1.54) is 5.56 Å². The quantitative estimate of drug-likeness (QED) is 0.338. The van der Waals surface area contributed by atoms with Crippen LogP contribution in [0.3, 0.4) is 0 Å². The number of anilines is 1. The van der Waals surface area contributed by atoms with Gasteiger partial charge >= 0.3 is 0 Å². The Morgan fingerprint density at radius 2 is 1.75 bits per heavy atom. The molecule has 0 unspecified atom stereocenters. The second kappa shape index (κ2) is 10.6. The van der Waals surface area contributed by atoms with Crippen LogP contribution >= 0.6 is 11.8 Å². The van der Waals surface area contributed by atoms with E-state index in [9.17, 15) is 4.79 Å². The number of nitrogens with one attached hydrogen (secondary N) is 1. The van der Waals surface area contributed by atoms with Gasteiger partial charge in [-0.3, -0.25) is 4.79 Å². The first kappa shape index (κ1) is 21.6. The van der Waals surface area contributed by atoms with Crippen LogP contribution in [0.15, 0.2) is 88.3 Å². The minimum Gasteiger partial charge on any atom is -0.497 e. The van der Waals surface area contributed by atoms with Crippen LogP contribution in [-0.2, 0) is 17.0 Å². The number of rotatable bonds is 9. The number of para-hydroxylation sites is 1. The molecule has 0 saturated carbocycles. The molecule has 162 valence electrons. The van der Waals surface area contributed by atoms with Crippen molar-refractivity contribution in [3.8, 4) is 17.1 Å². The number of hydrogen-bond donors (Lipinski definition) is 1. The summed E-state index contributed by atoms with van der Waals surface area (Å²) in [5.41, 5.74) is 2.88. The van der Waals surface area contributed by atoms with E-state index in [2.05, 4.69) is 27.6 Å². The third kappa shape index (κ3) is 5.76. The molecule has 1 amide bonds. The van der Waals surface area contributed by atoms with Crippen molar-refractivity contribution in [2.45, 2.75) is 23.5 Å². The van der Waals surface area contributed by atoms with Gasteiger partial charge in [-0.15, -0.1) is 11.8 Å². The van der Waals surface area contributed by atoms with Gasteiger partial charge in [0, 0.05) is 29.1 Å². The lowest BCUT2D eigenvalue weighted by Gasteiger charge is -2.10. The molecule has 32 heavy (non-hydrogen) atoms. The second-order valence-electron chi connectivity index (χ2n) is 7.06. The first-order chi connectivity index (χ1) is 15.7. The number of amides is 1. The smallest absolute Gasteiger partial charge is 0.227 e. The summed E-state index contributed by atoms with van der Waals surface area (Å²) in [6.45, 7) is 0. The maximum absolute atomic E-state index is 12.5. The molecule has 0 fully saturated rings. The Labute approximate surface area is 191 Å². The van der Waals surface area contributed by atoms with Crippen LogP contribution < -0.4 is 10.1 Å². The molecular weight excluding hydrogens is 422 g/mol. The maximum atomic E-state index is 12.5. The van der Waals surface area contributed by atoms with E-state index in [0.29, 0.717) is 18.1 Å². The number of benzene rings is 3. The summed E-state index contributed by atoms with van der Waals surface area (Å²) in [4.78, 5) is 18.0. The minimum atomic E-state index is -0.0954. The molecule has 1 N–H and O–H groups in total. The molecule has 0 aliphatic heterocycles. The van der Waals surface area contributed by atoms with Crippen molar-refractivity contribution in [3.63, 3.8) is 0 Å². The molecule has 0 aliphatic rings. The number of ether oxygens (including phenoxy) is 1. The molecule has 7 heteroatoms. The summed E-state index contributed by atoms with van der Waals surface area (Å²) in [6.07, 6.45) is 0.621. The molecule has 0 atom stereocenters. The van der Waals surface area contributed by atoms with Crippen LogP contribution in [0, 0.1) is 0 Å². The van der Waals surface area contributed by atoms with E-state index in [4.69, 9.17) is 9.26 Å². The van der Waals surface area contributed by atoms with Crippen molar-refractivity contribution in [3.05, 3.63) is 90.3 Å². The lowest BCUT2D eigenvalue weighted by atomic mass is 10.2. The van der Waals surface area contributed by atoms with Gasteiger partial charge in [0.2, 0.25) is 17.6 Å². The molecule has 4 rings (SSSR count). The van der Waals surface area contributed by atoms with Crippen LogP contribution in [-0.4, -0.2) is 23.2 Å². The summed E-state index contributed by atoms with van der Waals surface area (Å²) >= 11 is 1.70. The highest BCUT2D eigenvalue weighted by Crippen LogP contribution is 2.30. The number of carbonyl (C=O) groups excluding carboxylic acids is 1. The number of carbonyl (C=O) groups is 1. The highest BCUT2D eigenvalue weighted by molar-refractivity contribution is 7.98. The fourth-order valence-electron chi connectivity index (χ4n) is 3.08. The normalized spacial score (nSPS) is 10.7. The number of nitrogens with zero attached hydrogens (tertiary/aromatic N) is 2. The van der Waals surface area contributed by atoms with Gasteiger partial charge in [-0.05, 0) is 42.0 Å². The van der Waals surface area contributed by atoms with Gasteiger partial charge in [-0.1, -0.05) is 47.6 Å². The fourth-order valence-corrected chi connectivity index (χ4v) is 4.04. The SMILES string of the molecule is COc1ccc(-c2noc(CCC(=O)Nc3ccccc3SCc3ccccc3)n2)cc1. The summed E-state index contributed by atoms with van der Waals surface area (Å²) in [5, 5.41) is 7.01. The van der Waals surface area contributed by atoms with Crippen molar-refractivity contribution in [2.75, 3.05) is 12.4 Å². The molecule has 0 spiro atoms. The van der Waals surface area contributed by atoms with E-state index >= 15 is 0 Å². The molecule has 0 saturated heterocycles. The average molecular weight is 446 g/mol. The highest BCUT2D eigenvalue weighted by Gasteiger charge is 2.12. The largest absolute Gasteiger partial charge is 0.497 e. The Morgan fingerprint density at radius 1 is 1.00 bits per heavy atom. The van der Waals surface area contributed by atoms with E-state index in [0.717, 1.165) is 27.6 Å². The van der Waals surface area contributed by atoms with Crippen LogP contribution in [0.2, 0.25) is 0 Å². The standard InChI is InChI=1S/C25H23N3O3S/c1-30-20-13-11-19(12-14-20)25-27-24(31-28-25)16-15-23(29)26-21-9-5-6-10-22(21)32-17-18-7-3-2-4-8-18/h2-14H,15-17H2,1H3,(H,26,29). The Balaban J connectivity index is 1.32. The van der Waals surface area contributed by atoms with Gasteiger partial charge in [-0.2, -0.15) is 4.98 Å². The molecular formula is C25H23N3O3S. The Bertz CT molecular complexity index is 1160. The Kier molecular flexibility index (Phi) is 7.19. The van der Waals surface area contributed by atoms with Crippen LogP contribution in [0.4, 0.5) is 5.69 Å². The van der Waals surface area contributed by atoms with E-state index in [1.54, 1.807) is 18.9 Å². The van der Waals surface area contributed by atoms with Gasteiger partial charge in [0.15, 0.2) is 0 Å². The minimum absolute atomic E-state index is 0.0954. The Morgan fingerprint density at radius 3 is 2.53 bits per heavy atom. The fraction of sp³-hybridized carbons (Fsp3) is 0.160. The number of thioether (sulfide) groups is 1.